The second-order valence-corrected chi connectivity index (χ2v) is 8.24. The van der Waals surface area contributed by atoms with Gasteiger partial charge in [0.05, 0.1) is 12.1 Å². The Labute approximate surface area is 146 Å². The lowest BCUT2D eigenvalue weighted by atomic mass is 9.83. The molecule has 2 N–H and O–H groups in total. The predicted molar refractivity (Wildman–Crippen MR) is 97.9 cm³/mol. The van der Waals surface area contributed by atoms with Crippen molar-refractivity contribution in [2.45, 2.75) is 88.7 Å². The maximum atomic E-state index is 12.1. The van der Waals surface area contributed by atoms with Crippen LogP contribution in [0.15, 0.2) is 12.7 Å². The van der Waals surface area contributed by atoms with Crippen LogP contribution in [0, 0.1) is 5.92 Å². The van der Waals surface area contributed by atoms with Crippen LogP contribution in [0.25, 0.3) is 0 Å². The Morgan fingerprint density at radius 3 is 2.52 bits per heavy atom. The van der Waals surface area contributed by atoms with Gasteiger partial charge in [0.1, 0.15) is 5.60 Å². The third-order valence-electron chi connectivity index (χ3n) is 4.23. The van der Waals surface area contributed by atoms with Gasteiger partial charge in [-0.2, -0.15) is 12.6 Å². The quantitative estimate of drug-likeness (QED) is 0.482. The molecule has 0 saturated heterocycles. The highest BCUT2D eigenvalue weighted by Crippen LogP contribution is 2.29. The van der Waals surface area contributed by atoms with Crippen molar-refractivity contribution < 1.29 is 14.6 Å². The summed E-state index contributed by atoms with van der Waals surface area (Å²) in [6.07, 6.45) is 8.00. The molecule has 23 heavy (non-hydrogen) atoms. The first-order chi connectivity index (χ1) is 10.7. The van der Waals surface area contributed by atoms with Crippen molar-refractivity contribution in [3.63, 3.8) is 0 Å². The second-order valence-electron chi connectivity index (χ2n) is 7.57. The third-order valence-corrected chi connectivity index (χ3v) is 4.75. The van der Waals surface area contributed by atoms with E-state index < -0.39 is 17.8 Å². The van der Waals surface area contributed by atoms with Crippen LogP contribution in [0.2, 0.25) is 0 Å². The highest BCUT2D eigenvalue weighted by molar-refractivity contribution is 7.81. The van der Waals surface area contributed by atoms with E-state index in [0.717, 1.165) is 19.3 Å². The molecule has 1 aliphatic rings. The highest BCUT2D eigenvalue weighted by Gasteiger charge is 2.30. The van der Waals surface area contributed by atoms with Gasteiger partial charge in [-0.15, -0.1) is 6.58 Å². The van der Waals surface area contributed by atoms with Gasteiger partial charge < -0.3 is 15.2 Å². The number of nitrogens with one attached hydrogen (secondary N) is 1. The Bertz CT molecular complexity index is 375. The first-order valence-electron chi connectivity index (χ1n) is 8.69. The molecule has 0 aromatic carbocycles. The van der Waals surface area contributed by atoms with Crippen LogP contribution in [-0.2, 0) is 4.74 Å². The molecule has 1 fully saturated rings. The van der Waals surface area contributed by atoms with E-state index in [2.05, 4.69) is 24.5 Å². The molecule has 3 unspecified atom stereocenters. The zero-order chi connectivity index (χ0) is 17.5. The molecular formula is C18H33NO3S. The van der Waals surface area contributed by atoms with Crippen LogP contribution >= 0.6 is 12.6 Å². The molecule has 0 spiro atoms. The number of aliphatic hydroxyl groups excluding tert-OH is 1. The molecule has 1 saturated carbocycles. The Hall–Kier alpha value is -0.680. The topological polar surface area (TPSA) is 58.6 Å². The average molecular weight is 344 g/mol. The van der Waals surface area contributed by atoms with Crippen LogP contribution in [0.1, 0.15) is 65.7 Å². The number of alkyl carbamates (subject to hydrolysis) is 1. The van der Waals surface area contributed by atoms with Crippen LogP contribution in [0.4, 0.5) is 4.79 Å². The van der Waals surface area contributed by atoms with Crippen molar-refractivity contribution in [3.05, 3.63) is 12.7 Å². The molecule has 5 heteroatoms. The van der Waals surface area contributed by atoms with Crippen molar-refractivity contribution in [2.24, 2.45) is 5.92 Å². The number of hydrogen-bond acceptors (Lipinski definition) is 4. The third kappa shape index (κ3) is 8.11. The van der Waals surface area contributed by atoms with E-state index in [0.29, 0.717) is 12.3 Å². The van der Waals surface area contributed by atoms with Crippen molar-refractivity contribution >= 4 is 18.7 Å². The maximum absolute atomic E-state index is 12.1. The van der Waals surface area contributed by atoms with E-state index in [1.807, 2.05) is 20.8 Å². The molecule has 0 aliphatic heterocycles. The van der Waals surface area contributed by atoms with E-state index in [1.165, 1.54) is 19.3 Å². The summed E-state index contributed by atoms with van der Waals surface area (Å²) < 4.78 is 5.34. The molecule has 1 amide bonds. The zero-order valence-corrected chi connectivity index (χ0v) is 15.6. The molecule has 0 heterocycles. The Morgan fingerprint density at radius 1 is 1.39 bits per heavy atom. The molecule has 134 valence electrons. The summed E-state index contributed by atoms with van der Waals surface area (Å²) in [5.41, 5.74) is -0.550. The smallest absolute Gasteiger partial charge is 0.407 e. The van der Waals surface area contributed by atoms with Gasteiger partial charge in [0.15, 0.2) is 0 Å². The van der Waals surface area contributed by atoms with Gasteiger partial charge in [0.25, 0.3) is 0 Å². The van der Waals surface area contributed by atoms with Crippen molar-refractivity contribution in [3.8, 4) is 0 Å². The summed E-state index contributed by atoms with van der Waals surface area (Å²) in [7, 11) is 0. The summed E-state index contributed by atoms with van der Waals surface area (Å²) in [6, 6.07) is -0.338. The fraction of sp³-hybridized carbons (Fsp3) is 0.833. The fourth-order valence-corrected chi connectivity index (χ4v) is 3.46. The zero-order valence-electron chi connectivity index (χ0n) is 14.8. The summed E-state index contributed by atoms with van der Waals surface area (Å²) in [6.45, 7) is 9.19. The Kier molecular flexibility index (Phi) is 8.48. The minimum atomic E-state index is -0.717. The van der Waals surface area contributed by atoms with Crippen molar-refractivity contribution in [1.82, 2.24) is 5.32 Å². The molecule has 0 aromatic heterocycles. The SMILES string of the molecule is C=CCC(S)C(O)C(CC1CCCCC1)NC(=O)OC(C)(C)C. The Balaban J connectivity index is 2.69. The van der Waals surface area contributed by atoms with E-state index in [9.17, 15) is 9.90 Å². The molecule has 4 nitrogen and oxygen atoms in total. The molecular weight excluding hydrogens is 310 g/mol. The standard InChI is InChI=1S/C18H33NO3S/c1-5-9-15(23)16(20)14(12-13-10-7-6-8-11-13)19-17(21)22-18(2,3)4/h5,13-16,20,23H,1,6-12H2,2-4H3,(H,19,21). The Morgan fingerprint density at radius 2 is 2.00 bits per heavy atom. The number of carbonyl (C=O) groups excluding carboxylic acids is 1. The lowest BCUT2D eigenvalue weighted by Crippen LogP contribution is -2.49. The molecule has 0 bridgehead atoms. The van der Waals surface area contributed by atoms with Gasteiger partial charge in [0.2, 0.25) is 0 Å². The van der Waals surface area contributed by atoms with Gasteiger partial charge in [-0.25, -0.2) is 4.79 Å². The number of rotatable bonds is 7. The lowest BCUT2D eigenvalue weighted by molar-refractivity contribution is 0.0390. The van der Waals surface area contributed by atoms with Gasteiger partial charge in [-0.1, -0.05) is 38.2 Å². The number of allylic oxidation sites excluding steroid dienone is 1. The normalized spacial score (nSPS) is 20.4. The van der Waals surface area contributed by atoms with Crippen LogP contribution in [-0.4, -0.2) is 34.2 Å². The molecule has 3 atom stereocenters. The summed E-state index contributed by atoms with van der Waals surface area (Å²) >= 11 is 4.46. The molecule has 1 rings (SSSR count). The first-order valence-corrected chi connectivity index (χ1v) is 9.21. The summed E-state index contributed by atoms with van der Waals surface area (Å²) in [4.78, 5) is 12.1. The monoisotopic (exact) mass is 343 g/mol. The summed E-state index contributed by atoms with van der Waals surface area (Å²) in [5.74, 6) is 0.544. The summed E-state index contributed by atoms with van der Waals surface area (Å²) in [5, 5.41) is 13.2. The maximum Gasteiger partial charge on any atom is 0.407 e. The average Bonchev–Trinajstić information content (AvgIpc) is 2.45. The van der Waals surface area contributed by atoms with E-state index in [1.54, 1.807) is 6.08 Å². The van der Waals surface area contributed by atoms with Gasteiger partial charge in [0, 0.05) is 5.25 Å². The van der Waals surface area contributed by atoms with Crippen molar-refractivity contribution in [1.29, 1.82) is 0 Å². The lowest BCUT2D eigenvalue weighted by Gasteiger charge is -2.32. The van der Waals surface area contributed by atoms with Crippen LogP contribution in [0.5, 0.6) is 0 Å². The fourth-order valence-electron chi connectivity index (χ4n) is 3.10. The number of carbonyl (C=O) groups is 1. The van der Waals surface area contributed by atoms with Gasteiger partial charge in [-0.3, -0.25) is 0 Å². The number of thiol groups is 1. The first kappa shape index (κ1) is 20.4. The number of hydrogen-bond donors (Lipinski definition) is 3. The van der Waals surface area contributed by atoms with Crippen molar-refractivity contribution in [2.75, 3.05) is 0 Å². The minimum absolute atomic E-state index is 0.240. The van der Waals surface area contributed by atoms with Crippen LogP contribution in [0.3, 0.4) is 0 Å². The molecule has 0 aromatic rings. The van der Waals surface area contributed by atoms with E-state index >= 15 is 0 Å². The molecule has 1 aliphatic carbocycles. The molecule has 0 radical (unpaired) electrons. The van der Waals surface area contributed by atoms with E-state index in [-0.39, 0.29) is 11.3 Å². The second kappa shape index (κ2) is 9.58. The number of amides is 1. The van der Waals surface area contributed by atoms with Crippen LogP contribution < -0.4 is 5.32 Å². The minimum Gasteiger partial charge on any atom is -0.444 e. The van der Waals surface area contributed by atoms with E-state index in [4.69, 9.17) is 4.74 Å². The largest absolute Gasteiger partial charge is 0.444 e. The number of aliphatic hydroxyl groups is 1. The van der Waals surface area contributed by atoms with Gasteiger partial charge >= 0.3 is 6.09 Å². The van der Waals surface area contributed by atoms with Gasteiger partial charge in [-0.05, 0) is 39.5 Å². The highest BCUT2D eigenvalue weighted by atomic mass is 32.1. The number of ether oxygens (including phenoxy) is 1. The predicted octanol–water partition coefficient (Wildman–Crippen LogP) is 4.09.